The van der Waals surface area contributed by atoms with E-state index < -0.39 is 11.4 Å². The van der Waals surface area contributed by atoms with Crippen molar-refractivity contribution in [3.05, 3.63) is 29.6 Å². The standard InChI is InChI=1S/C16H23FO2/c1-11-8-15(2,3)10-16(18,9-11)12-6-5-7-13(19-4)14(12)17/h5-7,11,18H,8-10H2,1-4H3. The van der Waals surface area contributed by atoms with Gasteiger partial charge in [0, 0.05) is 5.56 Å². The lowest BCUT2D eigenvalue weighted by Gasteiger charge is -2.45. The van der Waals surface area contributed by atoms with Gasteiger partial charge in [-0.1, -0.05) is 32.9 Å². The first-order valence-electron chi connectivity index (χ1n) is 6.83. The number of rotatable bonds is 2. The van der Waals surface area contributed by atoms with Gasteiger partial charge in [0.25, 0.3) is 0 Å². The highest BCUT2D eigenvalue weighted by Gasteiger charge is 2.44. The van der Waals surface area contributed by atoms with E-state index in [1.54, 1.807) is 18.2 Å². The molecule has 0 saturated heterocycles. The van der Waals surface area contributed by atoms with Crippen molar-refractivity contribution >= 4 is 0 Å². The third-order valence-corrected chi connectivity index (χ3v) is 4.04. The largest absolute Gasteiger partial charge is 0.494 e. The molecule has 1 aliphatic carbocycles. The summed E-state index contributed by atoms with van der Waals surface area (Å²) in [5.74, 6) is 0.138. The molecule has 0 heterocycles. The summed E-state index contributed by atoms with van der Waals surface area (Å²) in [5.41, 5.74) is -0.715. The number of hydrogen-bond acceptors (Lipinski definition) is 2. The summed E-state index contributed by atoms with van der Waals surface area (Å²) in [7, 11) is 1.44. The van der Waals surface area contributed by atoms with Gasteiger partial charge < -0.3 is 9.84 Å². The third kappa shape index (κ3) is 2.76. The van der Waals surface area contributed by atoms with Crippen LogP contribution in [0, 0.1) is 17.2 Å². The minimum atomic E-state index is -1.10. The summed E-state index contributed by atoms with van der Waals surface area (Å²) >= 11 is 0. The van der Waals surface area contributed by atoms with Crippen molar-refractivity contribution in [3.63, 3.8) is 0 Å². The van der Waals surface area contributed by atoms with Gasteiger partial charge >= 0.3 is 0 Å². The zero-order valence-corrected chi connectivity index (χ0v) is 12.2. The van der Waals surface area contributed by atoms with Crippen LogP contribution in [-0.4, -0.2) is 12.2 Å². The number of aliphatic hydroxyl groups is 1. The van der Waals surface area contributed by atoms with Crippen LogP contribution in [0.3, 0.4) is 0 Å². The van der Waals surface area contributed by atoms with Gasteiger partial charge in [0.15, 0.2) is 11.6 Å². The van der Waals surface area contributed by atoms with Crippen molar-refractivity contribution in [2.45, 2.75) is 45.6 Å². The lowest BCUT2D eigenvalue weighted by atomic mass is 9.64. The topological polar surface area (TPSA) is 29.5 Å². The SMILES string of the molecule is COc1cccc(C2(O)CC(C)CC(C)(C)C2)c1F. The number of halogens is 1. The predicted octanol–water partition coefficient (Wildman–Crippen LogP) is 3.87. The first-order chi connectivity index (χ1) is 8.77. The highest BCUT2D eigenvalue weighted by atomic mass is 19.1. The van der Waals surface area contributed by atoms with Crippen LogP contribution in [0.15, 0.2) is 18.2 Å². The lowest BCUT2D eigenvalue weighted by Crippen LogP contribution is -2.40. The molecule has 1 fully saturated rings. The van der Waals surface area contributed by atoms with E-state index in [0.29, 0.717) is 24.3 Å². The number of methoxy groups -OCH3 is 1. The van der Waals surface area contributed by atoms with Gasteiger partial charge in [-0.3, -0.25) is 0 Å². The van der Waals surface area contributed by atoms with E-state index >= 15 is 0 Å². The molecule has 0 radical (unpaired) electrons. The monoisotopic (exact) mass is 266 g/mol. The Labute approximate surface area is 114 Å². The molecule has 19 heavy (non-hydrogen) atoms. The van der Waals surface area contributed by atoms with Crippen LogP contribution in [0.4, 0.5) is 4.39 Å². The van der Waals surface area contributed by atoms with Crippen molar-refractivity contribution in [1.29, 1.82) is 0 Å². The van der Waals surface area contributed by atoms with Gasteiger partial charge in [-0.2, -0.15) is 0 Å². The minimum Gasteiger partial charge on any atom is -0.494 e. The quantitative estimate of drug-likeness (QED) is 0.880. The summed E-state index contributed by atoms with van der Waals surface area (Å²) in [5, 5.41) is 11.0. The Morgan fingerprint density at radius 2 is 2.00 bits per heavy atom. The zero-order valence-electron chi connectivity index (χ0n) is 12.2. The molecule has 2 nitrogen and oxygen atoms in total. The van der Waals surface area contributed by atoms with Crippen LogP contribution in [-0.2, 0) is 5.60 Å². The molecule has 1 aliphatic rings. The Bertz CT molecular complexity index is 470. The average molecular weight is 266 g/mol. The lowest BCUT2D eigenvalue weighted by molar-refractivity contribution is -0.0659. The molecule has 1 N–H and O–H groups in total. The van der Waals surface area contributed by atoms with Crippen LogP contribution in [0.5, 0.6) is 5.75 Å². The smallest absolute Gasteiger partial charge is 0.171 e. The fourth-order valence-electron chi connectivity index (χ4n) is 3.76. The van der Waals surface area contributed by atoms with Crippen molar-refractivity contribution in [1.82, 2.24) is 0 Å². The Kier molecular flexibility index (Phi) is 3.61. The van der Waals surface area contributed by atoms with Crippen LogP contribution in [0.1, 0.15) is 45.6 Å². The molecule has 1 saturated carbocycles. The molecular formula is C16H23FO2. The van der Waals surface area contributed by atoms with Crippen molar-refractivity contribution in [2.24, 2.45) is 11.3 Å². The van der Waals surface area contributed by atoms with E-state index in [2.05, 4.69) is 20.8 Å². The molecule has 0 spiro atoms. The summed E-state index contributed by atoms with van der Waals surface area (Å²) in [6.07, 6.45) is 2.23. The van der Waals surface area contributed by atoms with E-state index in [4.69, 9.17) is 4.74 Å². The van der Waals surface area contributed by atoms with Crippen LogP contribution < -0.4 is 4.74 Å². The van der Waals surface area contributed by atoms with E-state index in [-0.39, 0.29) is 11.2 Å². The second-order valence-corrected chi connectivity index (χ2v) is 6.71. The molecule has 0 bridgehead atoms. The summed E-state index contributed by atoms with van der Waals surface area (Å²) in [4.78, 5) is 0. The number of ether oxygens (including phenoxy) is 1. The first kappa shape index (κ1) is 14.3. The molecule has 2 atom stereocenters. The second kappa shape index (κ2) is 4.78. The number of hydrogen-bond donors (Lipinski definition) is 1. The van der Waals surface area contributed by atoms with Crippen LogP contribution in [0.25, 0.3) is 0 Å². The van der Waals surface area contributed by atoms with Crippen molar-refractivity contribution in [2.75, 3.05) is 7.11 Å². The van der Waals surface area contributed by atoms with Gasteiger partial charge in [-0.25, -0.2) is 4.39 Å². The summed E-state index contributed by atoms with van der Waals surface area (Å²) in [6.45, 7) is 6.38. The normalized spacial score (nSPS) is 30.1. The van der Waals surface area contributed by atoms with Gasteiger partial charge in [0.2, 0.25) is 0 Å². The van der Waals surface area contributed by atoms with Gasteiger partial charge in [-0.05, 0) is 36.7 Å². The summed E-state index contributed by atoms with van der Waals surface area (Å²) < 4.78 is 19.4. The fraction of sp³-hybridized carbons (Fsp3) is 0.625. The Morgan fingerprint density at radius 1 is 1.32 bits per heavy atom. The molecule has 0 amide bonds. The van der Waals surface area contributed by atoms with E-state index in [0.717, 1.165) is 6.42 Å². The van der Waals surface area contributed by atoms with Crippen LogP contribution in [0.2, 0.25) is 0 Å². The molecule has 106 valence electrons. The van der Waals surface area contributed by atoms with E-state index in [1.165, 1.54) is 7.11 Å². The molecule has 1 aromatic carbocycles. The van der Waals surface area contributed by atoms with Gasteiger partial charge in [0.1, 0.15) is 0 Å². The van der Waals surface area contributed by atoms with Crippen LogP contribution >= 0.6 is 0 Å². The Morgan fingerprint density at radius 3 is 2.58 bits per heavy atom. The maximum absolute atomic E-state index is 14.4. The average Bonchev–Trinajstić information content (AvgIpc) is 2.25. The maximum Gasteiger partial charge on any atom is 0.171 e. The molecule has 3 heteroatoms. The fourth-order valence-corrected chi connectivity index (χ4v) is 3.76. The Balaban J connectivity index is 2.44. The maximum atomic E-state index is 14.4. The Hall–Kier alpha value is -1.09. The first-order valence-corrected chi connectivity index (χ1v) is 6.83. The molecule has 2 unspecified atom stereocenters. The summed E-state index contributed by atoms with van der Waals surface area (Å²) in [6, 6.07) is 4.99. The van der Waals surface area contributed by atoms with Gasteiger partial charge in [0.05, 0.1) is 12.7 Å². The third-order valence-electron chi connectivity index (χ3n) is 4.04. The predicted molar refractivity (Wildman–Crippen MR) is 73.6 cm³/mol. The van der Waals surface area contributed by atoms with E-state index in [9.17, 15) is 9.50 Å². The second-order valence-electron chi connectivity index (χ2n) is 6.71. The highest BCUT2D eigenvalue weighted by Crippen LogP contribution is 2.49. The van der Waals surface area contributed by atoms with E-state index in [1.807, 2.05) is 0 Å². The molecule has 2 rings (SSSR count). The number of benzene rings is 1. The van der Waals surface area contributed by atoms with Gasteiger partial charge in [-0.15, -0.1) is 0 Å². The highest BCUT2D eigenvalue weighted by molar-refractivity contribution is 5.35. The van der Waals surface area contributed by atoms with Crippen molar-refractivity contribution in [3.8, 4) is 5.75 Å². The molecule has 0 aliphatic heterocycles. The molecule has 0 aromatic heterocycles. The van der Waals surface area contributed by atoms with Crippen molar-refractivity contribution < 1.29 is 14.2 Å². The minimum absolute atomic E-state index is 0.0158. The zero-order chi connectivity index (χ0) is 14.3. The molecule has 1 aromatic rings. The molecular weight excluding hydrogens is 243 g/mol.